The first-order valence-corrected chi connectivity index (χ1v) is 11.5. The van der Waals surface area contributed by atoms with Crippen LogP contribution in [0.3, 0.4) is 0 Å². The summed E-state index contributed by atoms with van der Waals surface area (Å²) in [4.78, 5) is 14.7. The van der Waals surface area contributed by atoms with Crippen molar-refractivity contribution in [2.45, 2.75) is 18.9 Å². The van der Waals surface area contributed by atoms with Gasteiger partial charge in [-0.1, -0.05) is 0 Å². The molecule has 0 spiro atoms. The van der Waals surface area contributed by atoms with E-state index in [0.717, 1.165) is 54.4 Å². The highest BCUT2D eigenvalue weighted by Gasteiger charge is 2.21. The number of likely N-dealkylation sites (tertiary alicyclic amines) is 1. The number of halogens is 1. The Morgan fingerprint density at radius 3 is 2.30 bits per heavy atom. The molecular weight excluding hydrogens is 409 g/mol. The standard InChI is InChI=1S/C21H26FN3O4S/c1-24-13-11-20(12-14-24)29-19-9-5-17(6-10-19)23-21(26)15-25(30(2,27)28)18-7-3-16(22)4-8-18/h3-10,20H,11-15H2,1-2H3,(H,23,26). The molecule has 1 saturated heterocycles. The number of nitrogens with one attached hydrogen (secondary N) is 1. The van der Waals surface area contributed by atoms with E-state index in [-0.39, 0.29) is 11.8 Å². The molecule has 0 saturated carbocycles. The smallest absolute Gasteiger partial charge is 0.245 e. The number of nitrogens with zero attached hydrogens (tertiary/aromatic N) is 2. The lowest BCUT2D eigenvalue weighted by atomic mass is 10.1. The highest BCUT2D eigenvalue weighted by molar-refractivity contribution is 7.92. The van der Waals surface area contributed by atoms with Crippen LogP contribution in [-0.4, -0.2) is 58.3 Å². The molecule has 9 heteroatoms. The molecule has 3 rings (SSSR count). The van der Waals surface area contributed by atoms with Gasteiger partial charge in [0.15, 0.2) is 0 Å². The lowest BCUT2D eigenvalue weighted by molar-refractivity contribution is -0.114. The predicted octanol–water partition coefficient (Wildman–Crippen LogP) is 2.70. The second-order valence-electron chi connectivity index (χ2n) is 7.44. The van der Waals surface area contributed by atoms with Crippen LogP contribution >= 0.6 is 0 Å². The van der Waals surface area contributed by atoms with Crippen LogP contribution in [0.2, 0.25) is 0 Å². The topological polar surface area (TPSA) is 79.0 Å². The first-order valence-electron chi connectivity index (χ1n) is 9.69. The SMILES string of the molecule is CN1CCC(Oc2ccc(NC(=O)CN(c3ccc(F)cc3)S(C)(=O)=O)cc2)CC1. The van der Waals surface area contributed by atoms with Gasteiger partial charge in [-0.05, 0) is 68.4 Å². The summed E-state index contributed by atoms with van der Waals surface area (Å²) in [6.07, 6.45) is 3.12. The van der Waals surface area contributed by atoms with Crippen LogP contribution in [0.25, 0.3) is 0 Å². The number of hydrogen-bond acceptors (Lipinski definition) is 5. The van der Waals surface area contributed by atoms with Crippen molar-refractivity contribution in [3.63, 3.8) is 0 Å². The molecule has 7 nitrogen and oxygen atoms in total. The molecule has 162 valence electrons. The Balaban J connectivity index is 1.59. The van der Waals surface area contributed by atoms with Crippen molar-refractivity contribution < 1.29 is 22.3 Å². The zero-order valence-corrected chi connectivity index (χ0v) is 17.9. The molecule has 30 heavy (non-hydrogen) atoms. The summed E-state index contributed by atoms with van der Waals surface area (Å²) in [5, 5.41) is 2.68. The fourth-order valence-electron chi connectivity index (χ4n) is 3.25. The minimum absolute atomic E-state index is 0.181. The average molecular weight is 436 g/mol. The third-order valence-electron chi connectivity index (χ3n) is 4.91. The highest BCUT2D eigenvalue weighted by Crippen LogP contribution is 2.22. The maximum atomic E-state index is 13.1. The van der Waals surface area contributed by atoms with Gasteiger partial charge in [-0.3, -0.25) is 9.10 Å². The molecule has 0 unspecified atom stereocenters. The largest absolute Gasteiger partial charge is 0.490 e. The summed E-state index contributed by atoms with van der Waals surface area (Å²) in [6, 6.07) is 11.9. The summed E-state index contributed by atoms with van der Waals surface area (Å²) in [7, 11) is -1.63. The molecule has 2 aromatic carbocycles. The van der Waals surface area contributed by atoms with E-state index in [1.807, 2.05) is 0 Å². The van der Waals surface area contributed by atoms with Crippen molar-refractivity contribution >= 4 is 27.3 Å². The molecule has 1 amide bonds. The van der Waals surface area contributed by atoms with Gasteiger partial charge >= 0.3 is 0 Å². The maximum absolute atomic E-state index is 13.1. The molecule has 2 aromatic rings. The molecule has 1 fully saturated rings. The van der Waals surface area contributed by atoms with Crippen LogP contribution in [0.5, 0.6) is 5.75 Å². The molecule has 1 heterocycles. The second kappa shape index (κ2) is 9.44. The van der Waals surface area contributed by atoms with E-state index >= 15 is 0 Å². The number of carbonyl (C=O) groups is 1. The maximum Gasteiger partial charge on any atom is 0.245 e. The van der Waals surface area contributed by atoms with Crippen molar-refractivity contribution in [1.29, 1.82) is 0 Å². The summed E-state index contributed by atoms with van der Waals surface area (Å²) < 4.78 is 44.2. The number of piperidine rings is 1. The zero-order valence-electron chi connectivity index (χ0n) is 17.0. The second-order valence-corrected chi connectivity index (χ2v) is 9.35. The normalized spacial score (nSPS) is 15.6. The van der Waals surface area contributed by atoms with E-state index in [1.54, 1.807) is 24.3 Å². The fraction of sp³-hybridized carbons (Fsp3) is 0.381. The Hall–Kier alpha value is -2.65. The number of ether oxygens (including phenoxy) is 1. The lowest BCUT2D eigenvalue weighted by Crippen LogP contribution is -2.37. The van der Waals surface area contributed by atoms with Crippen LogP contribution in [-0.2, 0) is 14.8 Å². The Morgan fingerprint density at radius 1 is 1.13 bits per heavy atom. The number of anilines is 2. The molecule has 1 N–H and O–H groups in total. The van der Waals surface area contributed by atoms with Gasteiger partial charge in [0.1, 0.15) is 24.2 Å². The Morgan fingerprint density at radius 2 is 1.73 bits per heavy atom. The van der Waals surface area contributed by atoms with Gasteiger partial charge in [-0.15, -0.1) is 0 Å². The zero-order chi connectivity index (χ0) is 21.7. The van der Waals surface area contributed by atoms with Crippen LogP contribution < -0.4 is 14.4 Å². The monoisotopic (exact) mass is 435 g/mol. The summed E-state index contributed by atoms with van der Waals surface area (Å²) in [5.41, 5.74) is 0.749. The van der Waals surface area contributed by atoms with Crippen LogP contribution in [0.15, 0.2) is 48.5 Å². The van der Waals surface area contributed by atoms with Gasteiger partial charge in [-0.2, -0.15) is 0 Å². The molecular formula is C21H26FN3O4S. The van der Waals surface area contributed by atoms with E-state index in [1.165, 1.54) is 12.1 Å². The fourth-order valence-corrected chi connectivity index (χ4v) is 4.11. The first-order chi connectivity index (χ1) is 14.2. The minimum atomic E-state index is -3.72. The molecule has 0 aliphatic carbocycles. The molecule has 0 bridgehead atoms. The van der Waals surface area contributed by atoms with Gasteiger partial charge < -0.3 is 15.0 Å². The van der Waals surface area contributed by atoms with Crippen molar-refractivity contribution in [2.75, 3.05) is 42.6 Å². The number of hydrogen-bond donors (Lipinski definition) is 1. The summed E-state index contributed by atoms with van der Waals surface area (Å²) >= 11 is 0. The van der Waals surface area contributed by atoms with E-state index in [2.05, 4.69) is 17.3 Å². The third-order valence-corrected chi connectivity index (χ3v) is 6.05. The van der Waals surface area contributed by atoms with Crippen molar-refractivity contribution in [1.82, 2.24) is 4.90 Å². The highest BCUT2D eigenvalue weighted by atomic mass is 32.2. The lowest BCUT2D eigenvalue weighted by Gasteiger charge is -2.29. The van der Waals surface area contributed by atoms with Crippen LogP contribution in [0.4, 0.5) is 15.8 Å². The number of rotatable bonds is 7. The van der Waals surface area contributed by atoms with E-state index in [0.29, 0.717) is 5.69 Å². The van der Waals surface area contributed by atoms with Crippen molar-refractivity contribution in [3.8, 4) is 5.75 Å². The molecule has 0 atom stereocenters. The predicted molar refractivity (Wildman–Crippen MR) is 115 cm³/mol. The molecule has 0 radical (unpaired) electrons. The number of benzene rings is 2. The van der Waals surface area contributed by atoms with Gasteiger partial charge in [0.2, 0.25) is 15.9 Å². The molecule has 1 aliphatic rings. The van der Waals surface area contributed by atoms with Crippen molar-refractivity contribution in [2.24, 2.45) is 0 Å². The van der Waals surface area contributed by atoms with Crippen molar-refractivity contribution in [3.05, 3.63) is 54.3 Å². The van der Waals surface area contributed by atoms with E-state index < -0.39 is 28.3 Å². The van der Waals surface area contributed by atoms with E-state index in [9.17, 15) is 17.6 Å². The van der Waals surface area contributed by atoms with Gasteiger partial charge in [0.25, 0.3) is 0 Å². The Kier molecular flexibility index (Phi) is 6.94. The van der Waals surface area contributed by atoms with E-state index in [4.69, 9.17) is 4.74 Å². The molecule has 0 aromatic heterocycles. The van der Waals surface area contributed by atoms with Crippen LogP contribution in [0.1, 0.15) is 12.8 Å². The van der Waals surface area contributed by atoms with Crippen LogP contribution in [0, 0.1) is 5.82 Å². The number of sulfonamides is 1. The summed E-state index contributed by atoms with van der Waals surface area (Å²) in [5.74, 6) is -0.264. The summed E-state index contributed by atoms with van der Waals surface area (Å²) in [6.45, 7) is 1.59. The Labute approximate surface area is 176 Å². The first kappa shape index (κ1) is 22.0. The number of carbonyl (C=O) groups excluding carboxylic acids is 1. The molecule has 1 aliphatic heterocycles. The average Bonchev–Trinajstić information content (AvgIpc) is 2.69. The Bertz CT molecular complexity index is 957. The van der Waals surface area contributed by atoms with Gasteiger partial charge in [0.05, 0.1) is 11.9 Å². The third kappa shape index (κ3) is 6.17. The number of amides is 1. The van der Waals surface area contributed by atoms with Gasteiger partial charge in [0, 0.05) is 18.8 Å². The van der Waals surface area contributed by atoms with Gasteiger partial charge in [-0.25, -0.2) is 12.8 Å². The quantitative estimate of drug-likeness (QED) is 0.724. The minimum Gasteiger partial charge on any atom is -0.490 e.